The number of carbonyl (C=O) groups excluding carboxylic acids is 3. The maximum absolute atomic E-state index is 11.6. The van der Waals surface area contributed by atoms with Gasteiger partial charge in [-0.1, -0.05) is 6.07 Å². The van der Waals surface area contributed by atoms with Gasteiger partial charge in [-0.05, 0) is 50.2 Å². The van der Waals surface area contributed by atoms with E-state index in [0.29, 0.717) is 25.7 Å². The highest BCUT2D eigenvalue weighted by molar-refractivity contribution is 6.39. The number of carbonyl (C=O) groups is 3. The standard InChI is InChI=1S/C17H22N4O6/c1-10(22)27-17(2)7-5-11(6-8-17)12-3-4-13(14(9-12)21(25)26)19-15(23)16(24)20-18/h3-4,9,11H,5-8,18H2,1-2H3,(H,19,23)(H,20,24). The number of hydrogen-bond acceptors (Lipinski definition) is 7. The summed E-state index contributed by atoms with van der Waals surface area (Å²) in [6.45, 7) is 3.26. The van der Waals surface area contributed by atoms with Crippen LogP contribution in [0.4, 0.5) is 11.4 Å². The van der Waals surface area contributed by atoms with Gasteiger partial charge < -0.3 is 10.1 Å². The van der Waals surface area contributed by atoms with Crippen molar-refractivity contribution in [3.05, 3.63) is 33.9 Å². The number of hydrazine groups is 1. The first kappa shape index (κ1) is 20.3. The summed E-state index contributed by atoms with van der Waals surface area (Å²) in [5.41, 5.74) is 1.51. The van der Waals surface area contributed by atoms with Gasteiger partial charge in [0.1, 0.15) is 11.3 Å². The van der Waals surface area contributed by atoms with E-state index in [-0.39, 0.29) is 23.3 Å². The number of hydrogen-bond donors (Lipinski definition) is 3. The lowest BCUT2D eigenvalue weighted by Gasteiger charge is -2.36. The van der Waals surface area contributed by atoms with Gasteiger partial charge in [-0.3, -0.25) is 29.9 Å². The molecule has 0 unspecified atom stereocenters. The second-order valence-corrected chi connectivity index (χ2v) is 6.78. The van der Waals surface area contributed by atoms with Gasteiger partial charge >= 0.3 is 17.8 Å². The normalized spacial score (nSPS) is 21.8. The Kier molecular flexibility index (Phi) is 6.11. The van der Waals surface area contributed by atoms with Gasteiger partial charge in [0.15, 0.2) is 0 Å². The number of nitrogens with one attached hydrogen (secondary N) is 2. The fourth-order valence-corrected chi connectivity index (χ4v) is 3.31. The Morgan fingerprint density at radius 1 is 1.26 bits per heavy atom. The Labute approximate surface area is 155 Å². The fraction of sp³-hybridized carbons (Fsp3) is 0.471. The molecule has 0 heterocycles. The zero-order valence-electron chi connectivity index (χ0n) is 15.1. The molecule has 1 aromatic rings. The quantitative estimate of drug-likeness (QED) is 0.179. The van der Waals surface area contributed by atoms with Crippen molar-refractivity contribution in [2.45, 2.75) is 51.0 Å². The molecule has 1 aliphatic carbocycles. The summed E-state index contributed by atoms with van der Waals surface area (Å²) in [5.74, 6) is 2.42. The highest BCUT2D eigenvalue weighted by Crippen LogP contribution is 2.41. The number of amides is 2. The number of nitrogens with zero attached hydrogens (tertiary/aromatic N) is 1. The first-order chi connectivity index (χ1) is 12.6. The highest BCUT2D eigenvalue weighted by atomic mass is 16.6. The van der Waals surface area contributed by atoms with Crippen molar-refractivity contribution in [3.63, 3.8) is 0 Å². The Balaban J connectivity index is 2.17. The van der Waals surface area contributed by atoms with Crippen LogP contribution in [0.1, 0.15) is 51.0 Å². The van der Waals surface area contributed by atoms with E-state index in [1.807, 2.05) is 6.92 Å². The van der Waals surface area contributed by atoms with Crippen molar-refractivity contribution in [2.75, 3.05) is 5.32 Å². The molecule has 2 amide bonds. The third-order valence-electron chi connectivity index (χ3n) is 4.71. The van der Waals surface area contributed by atoms with Gasteiger partial charge in [0.2, 0.25) is 0 Å². The topological polar surface area (TPSA) is 154 Å². The van der Waals surface area contributed by atoms with Crippen LogP contribution in [0.25, 0.3) is 0 Å². The zero-order valence-corrected chi connectivity index (χ0v) is 15.1. The van der Waals surface area contributed by atoms with Crippen LogP contribution in [0.15, 0.2) is 18.2 Å². The van der Waals surface area contributed by atoms with E-state index >= 15 is 0 Å². The highest BCUT2D eigenvalue weighted by Gasteiger charge is 2.34. The SMILES string of the molecule is CC(=O)OC1(C)CCC(c2ccc(NC(=O)C(=O)NN)c([N+](=O)[O-])c2)CC1. The fourth-order valence-electron chi connectivity index (χ4n) is 3.31. The number of anilines is 1. The Morgan fingerprint density at radius 2 is 1.89 bits per heavy atom. The van der Waals surface area contributed by atoms with Crippen molar-refractivity contribution < 1.29 is 24.0 Å². The van der Waals surface area contributed by atoms with Crippen molar-refractivity contribution >= 4 is 29.2 Å². The van der Waals surface area contributed by atoms with Crippen molar-refractivity contribution in [2.24, 2.45) is 5.84 Å². The lowest BCUT2D eigenvalue weighted by Crippen LogP contribution is -2.39. The number of ether oxygens (including phenoxy) is 1. The van der Waals surface area contributed by atoms with Crippen LogP contribution in [0.2, 0.25) is 0 Å². The maximum Gasteiger partial charge on any atom is 0.323 e. The van der Waals surface area contributed by atoms with Gasteiger partial charge in [-0.15, -0.1) is 0 Å². The molecule has 10 nitrogen and oxygen atoms in total. The van der Waals surface area contributed by atoms with Crippen molar-refractivity contribution in [1.29, 1.82) is 0 Å². The number of nitro groups is 1. The molecule has 0 spiro atoms. The molecule has 0 saturated heterocycles. The van der Waals surface area contributed by atoms with Gasteiger partial charge in [0.05, 0.1) is 4.92 Å². The molecule has 0 bridgehead atoms. The van der Waals surface area contributed by atoms with E-state index in [4.69, 9.17) is 10.6 Å². The van der Waals surface area contributed by atoms with E-state index in [0.717, 1.165) is 5.56 Å². The molecule has 1 saturated carbocycles. The van der Waals surface area contributed by atoms with Crippen molar-refractivity contribution in [3.8, 4) is 0 Å². The smallest absolute Gasteiger partial charge is 0.323 e. The minimum atomic E-state index is -1.11. The molecule has 0 atom stereocenters. The molecule has 10 heteroatoms. The van der Waals surface area contributed by atoms with Gasteiger partial charge in [-0.2, -0.15) is 0 Å². The molecule has 146 valence electrons. The number of rotatable bonds is 4. The molecule has 4 N–H and O–H groups in total. The van der Waals surface area contributed by atoms with Crippen LogP contribution < -0.4 is 16.6 Å². The molecule has 0 aliphatic heterocycles. The van der Waals surface area contributed by atoms with Crippen LogP contribution in [0.3, 0.4) is 0 Å². The third kappa shape index (κ3) is 5.00. The summed E-state index contributed by atoms with van der Waals surface area (Å²) in [6.07, 6.45) is 2.73. The van der Waals surface area contributed by atoms with E-state index in [1.54, 1.807) is 11.5 Å². The summed E-state index contributed by atoms with van der Waals surface area (Å²) in [7, 11) is 0. The third-order valence-corrected chi connectivity index (χ3v) is 4.71. The number of benzene rings is 1. The van der Waals surface area contributed by atoms with Crippen LogP contribution in [0.5, 0.6) is 0 Å². The minimum Gasteiger partial charge on any atom is -0.460 e. The molecule has 0 radical (unpaired) electrons. The molecule has 1 fully saturated rings. The predicted octanol–water partition coefficient (Wildman–Crippen LogP) is 1.50. The number of nitrogens with two attached hydrogens (primary N) is 1. The average Bonchev–Trinajstić information content (AvgIpc) is 2.60. The van der Waals surface area contributed by atoms with E-state index < -0.39 is 22.3 Å². The molecule has 1 aromatic carbocycles. The number of esters is 1. The lowest BCUT2D eigenvalue weighted by molar-refractivity contribution is -0.384. The van der Waals surface area contributed by atoms with E-state index in [2.05, 4.69) is 5.32 Å². The maximum atomic E-state index is 11.6. The largest absolute Gasteiger partial charge is 0.460 e. The van der Waals surface area contributed by atoms with Crippen LogP contribution in [-0.4, -0.2) is 28.3 Å². The molecule has 0 aromatic heterocycles. The average molecular weight is 378 g/mol. The second-order valence-electron chi connectivity index (χ2n) is 6.78. The summed E-state index contributed by atoms with van der Waals surface area (Å²) in [4.78, 5) is 44.8. The second kappa shape index (κ2) is 8.12. The molecule has 2 rings (SSSR count). The Hall–Kier alpha value is -3.01. The summed E-state index contributed by atoms with van der Waals surface area (Å²) in [5, 5.41) is 13.6. The summed E-state index contributed by atoms with van der Waals surface area (Å²) >= 11 is 0. The summed E-state index contributed by atoms with van der Waals surface area (Å²) < 4.78 is 5.38. The predicted molar refractivity (Wildman–Crippen MR) is 95.4 cm³/mol. The summed E-state index contributed by atoms with van der Waals surface area (Å²) in [6, 6.07) is 4.48. The molecular formula is C17H22N4O6. The van der Waals surface area contributed by atoms with E-state index in [9.17, 15) is 24.5 Å². The molecular weight excluding hydrogens is 356 g/mol. The lowest BCUT2D eigenvalue weighted by atomic mass is 9.76. The molecule has 27 heavy (non-hydrogen) atoms. The Morgan fingerprint density at radius 3 is 2.41 bits per heavy atom. The first-order valence-electron chi connectivity index (χ1n) is 8.45. The number of nitro benzene ring substituents is 1. The Bertz CT molecular complexity index is 771. The van der Waals surface area contributed by atoms with Crippen LogP contribution >= 0.6 is 0 Å². The minimum absolute atomic E-state index is 0.0735. The van der Waals surface area contributed by atoms with Gasteiger partial charge in [0, 0.05) is 13.0 Å². The zero-order chi connectivity index (χ0) is 20.2. The van der Waals surface area contributed by atoms with Crippen LogP contribution in [-0.2, 0) is 19.1 Å². The van der Waals surface area contributed by atoms with E-state index in [1.165, 1.54) is 19.1 Å². The van der Waals surface area contributed by atoms with Crippen molar-refractivity contribution in [1.82, 2.24) is 5.43 Å². The monoisotopic (exact) mass is 378 g/mol. The molecule has 1 aliphatic rings. The first-order valence-corrected chi connectivity index (χ1v) is 8.45. The van der Waals surface area contributed by atoms with Gasteiger partial charge in [0.25, 0.3) is 5.69 Å². The van der Waals surface area contributed by atoms with Crippen LogP contribution in [0, 0.1) is 10.1 Å². The van der Waals surface area contributed by atoms with Gasteiger partial charge in [-0.25, -0.2) is 5.84 Å².